The highest BCUT2D eigenvalue weighted by Gasteiger charge is 2.49. The van der Waals surface area contributed by atoms with Crippen LogP contribution in [0.4, 0.5) is 10.1 Å². The average Bonchev–Trinajstić information content (AvgIpc) is 3.46. The third-order valence-electron chi connectivity index (χ3n) is 7.10. The Balaban J connectivity index is 1.49. The van der Waals surface area contributed by atoms with Crippen molar-refractivity contribution in [3.63, 3.8) is 0 Å². The molecule has 0 saturated heterocycles. The molecule has 2 aliphatic carbocycles. The van der Waals surface area contributed by atoms with Crippen LogP contribution in [-0.4, -0.2) is 31.6 Å². The number of halogens is 1. The molecule has 36 heavy (non-hydrogen) atoms. The molecule has 0 unspecified atom stereocenters. The number of carbonyl (C=O) groups is 2. The summed E-state index contributed by atoms with van der Waals surface area (Å²) < 4.78 is 25.5. The molecule has 0 aromatic heterocycles. The zero-order chi connectivity index (χ0) is 25.7. The quantitative estimate of drug-likeness (QED) is 0.312. The second-order valence-electron chi connectivity index (χ2n) is 9.72. The number of allylic oxidation sites excluding steroid dienone is 1. The first-order valence-corrected chi connectivity index (χ1v) is 12.8. The zero-order valence-corrected chi connectivity index (χ0v) is 21.2. The van der Waals surface area contributed by atoms with Crippen molar-refractivity contribution < 1.29 is 23.5 Å². The van der Waals surface area contributed by atoms with Crippen LogP contribution in [0, 0.1) is 30.5 Å². The number of hydrogen-bond donors (Lipinski definition) is 2. The van der Waals surface area contributed by atoms with Gasteiger partial charge < -0.3 is 20.1 Å². The highest BCUT2D eigenvalue weighted by atomic mass is 19.1. The fourth-order valence-corrected chi connectivity index (χ4v) is 5.26. The van der Waals surface area contributed by atoms with Gasteiger partial charge >= 0.3 is 0 Å². The first-order chi connectivity index (χ1) is 17.4. The Hall–Kier alpha value is -3.35. The molecule has 6 nitrogen and oxygen atoms in total. The van der Waals surface area contributed by atoms with Crippen LogP contribution in [0.25, 0.3) is 0 Å². The van der Waals surface area contributed by atoms with Crippen LogP contribution < -0.4 is 20.1 Å². The van der Waals surface area contributed by atoms with Crippen LogP contribution in [0.15, 0.2) is 48.6 Å². The summed E-state index contributed by atoms with van der Waals surface area (Å²) in [6, 6.07) is 9.85. The minimum Gasteiger partial charge on any atom is -0.496 e. The zero-order valence-electron chi connectivity index (χ0n) is 21.2. The smallest absolute Gasteiger partial charge is 0.255 e. The number of benzene rings is 2. The van der Waals surface area contributed by atoms with Gasteiger partial charge in [-0.1, -0.05) is 50.5 Å². The van der Waals surface area contributed by atoms with Crippen LogP contribution >= 0.6 is 0 Å². The van der Waals surface area contributed by atoms with Gasteiger partial charge in [-0.2, -0.15) is 0 Å². The number of aryl methyl sites for hydroxylation is 1. The second kappa shape index (κ2) is 11.6. The minimum atomic E-state index is -0.572. The van der Waals surface area contributed by atoms with Crippen molar-refractivity contribution in [2.24, 2.45) is 17.8 Å². The summed E-state index contributed by atoms with van der Waals surface area (Å²) in [5.74, 6) is -1.23. The summed E-state index contributed by atoms with van der Waals surface area (Å²) in [6.07, 6.45) is 8.96. The molecule has 0 heterocycles. The van der Waals surface area contributed by atoms with E-state index in [0.717, 1.165) is 43.4 Å². The van der Waals surface area contributed by atoms with Crippen molar-refractivity contribution >= 4 is 17.5 Å². The van der Waals surface area contributed by atoms with Crippen LogP contribution in [-0.2, 0) is 4.79 Å². The van der Waals surface area contributed by atoms with Gasteiger partial charge in [0.2, 0.25) is 5.91 Å². The standard InChI is InChI=1S/C29H35FN2O4/c1-4-5-6-7-13-36-25-16-22(24(35-3)17-23(25)30)28(33)32-27-20-12-11-19(15-20)26(27)29(34)31-21-10-8-9-18(2)14-21/h8-12,14,16-17,19-20,26-27H,4-7,13,15H2,1-3H3,(H,31,34)(H,32,33)/t19-,20+,26+,27-/m1/s1. The molecule has 4 atom stereocenters. The van der Waals surface area contributed by atoms with E-state index >= 15 is 0 Å². The maximum Gasteiger partial charge on any atom is 0.255 e. The average molecular weight is 495 g/mol. The van der Waals surface area contributed by atoms with E-state index in [1.54, 1.807) is 0 Å². The molecule has 1 saturated carbocycles. The highest BCUT2D eigenvalue weighted by molar-refractivity contribution is 5.99. The summed E-state index contributed by atoms with van der Waals surface area (Å²) in [5.41, 5.74) is 1.97. The minimum absolute atomic E-state index is 0.0269. The van der Waals surface area contributed by atoms with E-state index in [0.29, 0.717) is 6.61 Å². The fraction of sp³-hybridized carbons (Fsp3) is 0.448. The van der Waals surface area contributed by atoms with E-state index in [1.807, 2.05) is 31.2 Å². The van der Waals surface area contributed by atoms with Gasteiger partial charge in [0.05, 0.1) is 25.2 Å². The second-order valence-corrected chi connectivity index (χ2v) is 9.72. The summed E-state index contributed by atoms with van der Waals surface area (Å²) in [5, 5.41) is 6.06. The molecule has 2 aromatic rings. The third kappa shape index (κ3) is 5.72. The van der Waals surface area contributed by atoms with E-state index in [9.17, 15) is 14.0 Å². The van der Waals surface area contributed by atoms with E-state index in [2.05, 4.69) is 29.7 Å². The molecule has 4 rings (SSSR count). The Bertz CT molecular complexity index is 1130. The molecule has 7 heteroatoms. The number of rotatable bonds is 11. The van der Waals surface area contributed by atoms with Crippen LogP contribution in [0.2, 0.25) is 0 Å². The lowest BCUT2D eigenvalue weighted by Crippen LogP contribution is -2.47. The lowest BCUT2D eigenvalue weighted by atomic mass is 9.87. The fourth-order valence-electron chi connectivity index (χ4n) is 5.26. The monoisotopic (exact) mass is 494 g/mol. The summed E-state index contributed by atoms with van der Waals surface area (Å²) in [6.45, 7) is 4.47. The van der Waals surface area contributed by atoms with Gasteiger partial charge in [0.25, 0.3) is 5.91 Å². The topological polar surface area (TPSA) is 76.7 Å². The van der Waals surface area contributed by atoms with Crippen molar-refractivity contribution in [2.75, 3.05) is 19.0 Å². The van der Waals surface area contributed by atoms with E-state index < -0.39 is 17.6 Å². The Morgan fingerprint density at radius 2 is 1.86 bits per heavy atom. The molecule has 0 aliphatic heterocycles. The number of hydrogen-bond acceptors (Lipinski definition) is 4. The largest absolute Gasteiger partial charge is 0.496 e. The normalized spacial score (nSPS) is 21.9. The van der Waals surface area contributed by atoms with Crippen molar-refractivity contribution in [3.05, 3.63) is 65.5 Å². The number of amides is 2. The van der Waals surface area contributed by atoms with Crippen molar-refractivity contribution in [3.8, 4) is 11.5 Å². The Kier molecular flexibility index (Phi) is 8.28. The van der Waals surface area contributed by atoms with Gasteiger partial charge in [-0.05, 0) is 55.4 Å². The maximum atomic E-state index is 14.6. The molecule has 2 bridgehead atoms. The number of ether oxygens (including phenoxy) is 2. The predicted molar refractivity (Wildman–Crippen MR) is 138 cm³/mol. The molecule has 0 radical (unpaired) electrons. The third-order valence-corrected chi connectivity index (χ3v) is 7.10. The van der Waals surface area contributed by atoms with E-state index in [4.69, 9.17) is 9.47 Å². The molecule has 192 valence electrons. The van der Waals surface area contributed by atoms with Gasteiger partial charge in [-0.3, -0.25) is 9.59 Å². The maximum absolute atomic E-state index is 14.6. The Morgan fingerprint density at radius 3 is 2.61 bits per heavy atom. The number of carbonyl (C=O) groups excluding carboxylic acids is 2. The summed E-state index contributed by atoms with van der Waals surface area (Å²) in [4.78, 5) is 26.7. The van der Waals surface area contributed by atoms with Gasteiger partial charge in [0.1, 0.15) is 5.75 Å². The van der Waals surface area contributed by atoms with E-state index in [-0.39, 0.29) is 40.8 Å². The molecular weight excluding hydrogens is 459 g/mol. The molecule has 2 aliphatic rings. The number of unbranched alkanes of at least 4 members (excludes halogenated alkanes) is 3. The molecule has 2 N–H and O–H groups in total. The number of methoxy groups -OCH3 is 1. The lowest BCUT2D eigenvalue weighted by molar-refractivity contribution is -0.121. The van der Waals surface area contributed by atoms with E-state index in [1.165, 1.54) is 19.2 Å². The van der Waals surface area contributed by atoms with Gasteiger partial charge in [0.15, 0.2) is 11.6 Å². The Morgan fingerprint density at radius 1 is 1.06 bits per heavy atom. The van der Waals surface area contributed by atoms with Crippen molar-refractivity contribution in [2.45, 2.75) is 52.0 Å². The summed E-state index contributed by atoms with van der Waals surface area (Å²) >= 11 is 0. The first-order valence-electron chi connectivity index (χ1n) is 12.8. The lowest BCUT2D eigenvalue weighted by Gasteiger charge is -2.28. The Labute approximate surface area is 212 Å². The van der Waals surface area contributed by atoms with Crippen LogP contribution in [0.3, 0.4) is 0 Å². The number of nitrogens with one attached hydrogen (secondary N) is 2. The molecule has 1 fully saturated rings. The molecule has 2 aromatic carbocycles. The van der Waals surface area contributed by atoms with Gasteiger partial charge in [-0.15, -0.1) is 0 Å². The molecule has 0 spiro atoms. The van der Waals surface area contributed by atoms with Crippen molar-refractivity contribution in [1.82, 2.24) is 5.32 Å². The molecule has 2 amide bonds. The van der Waals surface area contributed by atoms with Crippen LogP contribution in [0.5, 0.6) is 11.5 Å². The number of fused-ring (bicyclic) bond motifs is 2. The molecular formula is C29H35FN2O4. The predicted octanol–water partition coefficient (Wildman–Crippen LogP) is 5.66. The SMILES string of the molecule is CCCCCCOc1cc(C(=O)N[C@H]2[C@@H](C(=O)Nc3cccc(C)c3)[C@@H]3C=C[C@H]2C3)c(OC)cc1F. The van der Waals surface area contributed by atoms with Crippen molar-refractivity contribution in [1.29, 1.82) is 0 Å². The highest BCUT2D eigenvalue weighted by Crippen LogP contribution is 2.44. The van der Waals surface area contributed by atoms with Crippen LogP contribution in [0.1, 0.15) is 54.9 Å². The van der Waals surface area contributed by atoms with Gasteiger partial charge in [0, 0.05) is 17.8 Å². The van der Waals surface area contributed by atoms with Gasteiger partial charge in [-0.25, -0.2) is 4.39 Å². The number of anilines is 1. The first kappa shape index (κ1) is 25.7. The summed E-state index contributed by atoms with van der Waals surface area (Å²) in [7, 11) is 1.40.